The quantitative estimate of drug-likeness (QED) is 0.491. The molecule has 0 saturated heterocycles. The zero-order valence-electron chi connectivity index (χ0n) is 12.0. The molecule has 1 aromatic rings. The van der Waals surface area contributed by atoms with Crippen molar-refractivity contribution in [3.8, 4) is 0 Å². The number of aromatic nitrogens is 1. The first-order valence-electron chi connectivity index (χ1n) is 6.24. The molecular weight excluding hydrogens is 294 g/mol. The zero-order chi connectivity index (χ0) is 16.0. The Hall–Kier alpha value is -2.02. The lowest BCUT2D eigenvalue weighted by Crippen LogP contribution is -2.32. The molecule has 0 aliphatic rings. The van der Waals surface area contributed by atoms with E-state index < -0.39 is 23.5 Å². The normalized spacial score (nSPS) is 13.6. The Morgan fingerprint density at radius 2 is 2.14 bits per heavy atom. The molecule has 0 spiro atoms. The van der Waals surface area contributed by atoms with Crippen LogP contribution in [-0.4, -0.2) is 34.4 Å². The number of carbonyl (C=O) groups excluding carboxylic acids is 2. The third kappa shape index (κ3) is 5.11. The summed E-state index contributed by atoms with van der Waals surface area (Å²) in [5.74, 6) is -1.86. The Balaban J connectivity index is 2.82. The number of rotatable bonds is 6. The summed E-state index contributed by atoms with van der Waals surface area (Å²) in [5, 5.41) is 11.3. The van der Waals surface area contributed by atoms with E-state index in [1.807, 2.05) is 0 Å². The smallest absolute Gasteiger partial charge is 0.345 e. The maximum Gasteiger partial charge on any atom is 0.345 e. The maximum atomic E-state index is 11.7. The van der Waals surface area contributed by atoms with E-state index in [0.29, 0.717) is 11.3 Å². The largest absolute Gasteiger partial charge is 0.478 e. The van der Waals surface area contributed by atoms with Crippen LogP contribution in [0.3, 0.4) is 0 Å². The summed E-state index contributed by atoms with van der Waals surface area (Å²) in [6.45, 7) is 4.91. The highest BCUT2D eigenvalue weighted by Crippen LogP contribution is 2.20. The SMILES string of the molecule is CC(C)(C)C(=O)OC(CC=C(C=O)c1nccs1)C(=O)O. The third-order valence-corrected chi connectivity index (χ3v) is 3.32. The van der Waals surface area contributed by atoms with Crippen LogP contribution < -0.4 is 0 Å². The number of carboxylic acids is 1. The highest BCUT2D eigenvalue weighted by Gasteiger charge is 2.29. The van der Waals surface area contributed by atoms with Crippen LogP contribution in [0.15, 0.2) is 17.7 Å². The Morgan fingerprint density at radius 3 is 2.57 bits per heavy atom. The predicted molar refractivity (Wildman–Crippen MR) is 77.7 cm³/mol. The number of carboxylic acid groups (broad SMARTS) is 1. The second kappa shape index (κ2) is 7.12. The van der Waals surface area contributed by atoms with Crippen LogP contribution in [0.25, 0.3) is 5.57 Å². The van der Waals surface area contributed by atoms with E-state index in [9.17, 15) is 14.4 Å². The molecule has 0 fully saturated rings. The first kappa shape index (κ1) is 17.0. The van der Waals surface area contributed by atoms with Crippen LogP contribution >= 0.6 is 11.3 Å². The predicted octanol–water partition coefficient (Wildman–Crippen LogP) is 2.16. The number of hydrogen-bond acceptors (Lipinski definition) is 6. The molecule has 1 N–H and O–H groups in total. The molecule has 1 heterocycles. The molecule has 0 bridgehead atoms. The standard InChI is InChI=1S/C14H17NO5S/c1-14(2,3)13(19)20-10(12(17)18)5-4-9(8-16)11-15-6-7-21-11/h4,6-8,10H,5H2,1-3H3,(H,17,18). The van der Waals surface area contributed by atoms with Crippen LogP contribution in [0.4, 0.5) is 0 Å². The first-order valence-corrected chi connectivity index (χ1v) is 7.12. The molecule has 1 unspecified atom stereocenters. The first-order chi connectivity index (χ1) is 9.75. The summed E-state index contributed by atoms with van der Waals surface area (Å²) >= 11 is 1.27. The van der Waals surface area contributed by atoms with Crippen molar-refractivity contribution in [1.29, 1.82) is 0 Å². The lowest BCUT2D eigenvalue weighted by atomic mass is 9.97. The van der Waals surface area contributed by atoms with Gasteiger partial charge in [0.1, 0.15) is 5.01 Å². The summed E-state index contributed by atoms with van der Waals surface area (Å²) in [6.07, 6.45) is 2.15. The Labute approximate surface area is 126 Å². The summed E-state index contributed by atoms with van der Waals surface area (Å²) in [5.41, 5.74) is -0.511. The minimum atomic E-state index is -1.33. The van der Waals surface area contributed by atoms with E-state index in [1.54, 1.807) is 32.3 Å². The fourth-order valence-corrected chi connectivity index (χ4v) is 1.93. The number of carbonyl (C=O) groups is 3. The van der Waals surface area contributed by atoms with Gasteiger partial charge >= 0.3 is 11.9 Å². The van der Waals surface area contributed by atoms with Gasteiger partial charge in [-0.25, -0.2) is 9.78 Å². The van der Waals surface area contributed by atoms with Crippen LogP contribution in [0, 0.1) is 5.41 Å². The summed E-state index contributed by atoms with van der Waals surface area (Å²) in [7, 11) is 0. The Kier molecular flexibility index (Phi) is 5.78. The van der Waals surface area contributed by atoms with E-state index in [0.717, 1.165) is 0 Å². The van der Waals surface area contributed by atoms with Gasteiger partial charge in [-0.05, 0) is 20.8 Å². The average molecular weight is 311 g/mol. The van der Waals surface area contributed by atoms with E-state index in [-0.39, 0.29) is 12.0 Å². The number of ether oxygens (including phenoxy) is 1. The second-order valence-electron chi connectivity index (χ2n) is 5.33. The highest BCUT2D eigenvalue weighted by molar-refractivity contribution is 7.11. The Bertz CT molecular complexity index is 542. The van der Waals surface area contributed by atoms with Crippen LogP contribution in [-0.2, 0) is 19.1 Å². The molecule has 0 aliphatic carbocycles. The zero-order valence-corrected chi connectivity index (χ0v) is 12.8. The third-order valence-electron chi connectivity index (χ3n) is 2.50. The summed E-state index contributed by atoms with van der Waals surface area (Å²) in [4.78, 5) is 37.9. The number of nitrogens with zero attached hydrogens (tertiary/aromatic N) is 1. The van der Waals surface area contributed by atoms with Gasteiger partial charge in [0.15, 0.2) is 6.29 Å². The number of hydrogen-bond donors (Lipinski definition) is 1. The number of thiazole rings is 1. The monoisotopic (exact) mass is 311 g/mol. The molecule has 0 aromatic carbocycles. The van der Waals surface area contributed by atoms with Crippen molar-refractivity contribution >= 4 is 35.1 Å². The molecule has 6 nitrogen and oxygen atoms in total. The molecule has 114 valence electrons. The minimum absolute atomic E-state index is 0.0925. The molecule has 0 saturated carbocycles. The molecule has 1 atom stereocenters. The van der Waals surface area contributed by atoms with Crippen LogP contribution in [0.2, 0.25) is 0 Å². The lowest BCUT2D eigenvalue weighted by Gasteiger charge is -2.20. The van der Waals surface area contributed by atoms with Gasteiger partial charge in [0.2, 0.25) is 6.10 Å². The topological polar surface area (TPSA) is 93.6 Å². The number of aldehydes is 1. The minimum Gasteiger partial charge on any atom is -0.478 e. The molecule has 7 heteroatoms. The molecule has 1 aromatic heterocycles. The molecule has 0 radical (unpaired) electrons. The van der Waals surface area contributed by atoms with E-state index in [1.165, 1.54) is 17.4 Å². The van der Waals surface area contributed by atoms with Gasteiger partial charge in [0.25, 0.3) is 0 Å². The molecule has 0 aliphatic heterocycles. The average Bonchev–Trinajstić information content (AvgIpc) is 2.90. The van der Waals surface area contributed by atoms with Crippen molar-refractivity contribution in [3.63, 3.8) is 0 Å². The van der Waals surface area contributed by atoms with Crippen molar-refractivity contribution in [2.45, 2.75) is 33.3 Å². The number of allylic oxidation sites excluding steroid dienone is 1. The van der Waals surface area contributed by atoms with Gasteiger partial charge in [-0.2, -0.15) is 0 Å². The summed E-state index contributed by atoms with van der Waals surface area (Å²) in [6, 6.07) is 0. The summed E-state index contributed by atoms with van der Waals surface area (Å²) < 4.78 is 4.97. The van der Waals surface area contributed by atoms with Crippen molar-refractivity contribution in [2.75, 3.05) is 0 Å². The highest BCUT2D eigenvalue weighted by atomic mass is 32.1. The lowest BCUT2D eigenvalue weighted by molar-refractivity contribution is -0.169. The van der Waals surface area contributed by atoms with Gasteiger partial charge in [0, 0.05) is 23.6 Å². The number of esters is 1. The maximum absolute atomic E-state index is 11.7. The van der Waals surface area contributed by atoms with Crippen molar-refractivity contribution in [1.82, 2.24) is 4.98 Å². The molecule has 0 amide bonds. The van der Waals surface area contributed by atoms with Crippen molar-refractivity contribution < 1.29 is 24.2 Å². The fourth-order valence-electron chi connectivity index (χ4n) is 1.29. The van der Waals surface area contributed by atoms with E-state index >= 15 is 0 Å². The van der Waals surface area contributed by atoms with Gasteiger partial charge in [-0.15, -0.1) is 11.3 Å². The van der Waals surface area contributed by atoms with Crippen molar-refractivity contribution in [3.05, 3.63) is 22.7 Å². The van der Waals surface area contributed by atoms with Gasteiger partial charge in [-0.3, -0.25) is 9.59 Å². The van der Waals surface area contributed by atoms with Crippen molar-refractivity contribution in [2.24, 2.45) is 5.41 Å². The molecular formula is C14H17NO5S. The molecule has 1 rings (SSSR count). The number of aliphatic carboxylic acids is 1. The van der Waals surface area contributed by atoms with E-state index in [4.69, 9.17) is 9.84 Å². The Morgan fingerprint density at radius 1 is 1.48 bits per heavy atom. The van der Waals surface area contributed by atoms with Gasteiger partial charge in [-0.1, -0.05) is 6.08 Å². The van der Waals surface area contributed by atoms with Gasteiger partial charge < -0.3 is 9.84 Å². The molecule has 21 heavy (non-hydrogen) atoms. The van der Waals surface area contributed by atoms with Crippen LogP contribution in [0.1, 0.15) is 32.2 Å². The van der Waals surface area contributed by atoms with Crippen LogP contribution in [0.5, 0.6) is 0 Å². The van der Waals surface area contributed by atoms with E-state index in [2.05, 4.69) is 4.98 Å². The fraction of sp³-hybridized carbons (Fsp3) is 0.429. The van der Waals surface area contributed by atoms with Gasteiger partial charge in [0.05, 0.1) is 5.41 Å². The second-order valence-corrected chi connectivity index (χ2v) is 6.23.